The molecule has 0 bridgehead atoms. The van der Waals surface area contributed by atoms with Crippen LogP contribution in [0, 0.1) is 12.7 Å². The molecule has 3 aromatic rings. The van der Waals surface area contributed by atoms with Crippen LogP contribution in [0.1, 0.15) is 25.3 Å². The molecule has 2 aromatic carbocycles. The number of hydrogen-bond acceptors (Lipinski definition) is 6. The molecule has 154 valence electrons. The van der Waals surface area contributed by atoms with Crippen LogP contribution in [-0.2, 0) is 19.7 Å². The third-order valence-electron chi connectivity index (χ3n) is 4.29. The summed E-state index contributed by atoms with van der Waals surface area (Å²) in [6, 6.07) is 11.0. The van der Waals surface area contributed by atoms with Crippen LogP contribution in [-0.4, -0.2) is 27.6 Å². The SMILES string of the molecule is CCCCS(=O)(=O)c1oc(-c2ccc(F)cc2)nc1S(=O)(=O)c1ccc(C)cc1. The zero-order chi connectivity index (χ0) is 21.2. The monoisotopic (exact) mass is 437 g/mol. The molecular weight excluding hydrogens is 417 g/mol. The largest absolute Gasteiger partial charge is 0.423 e. The van der Waals surface area contributed by atoms with Gasteiger partial charge in [0.05, 0.1) is 10.6 Å². The Bertz CT molecular complexity index is 1210. The van der Waals surface area contributed by atoms with Crippen molar-refractivity contribution in [3.63, 3.8) is 0 Å². The van der Waals surface area contributed by atoms with Gasteiger partial charge in [0.2, 0.25) is 30.6 Å². The van der Waals surface area contributed by atoms with E-state index in [1.807, 2.05) is 6.92 Å². The van der Waals surface area contributed by atoms with Crippen molar-refractivity contribution in [3.05, 3.63) is 59.9 Å². The normalized spacial score (nSPS) is 12.2. The molecule has 0 unspecified atom stereocenters. The second-order valence-corrected chi connectivity index (χ2v) is 10.5. The number of aryl methyl sites for hydroxylation is 1. The van der Waals surface area contributed by atoms with Crippen molar-refractivity contribution in [2.24, 2.45) is 0 Å². The van der Waals surface area contributed by atoms with Gasteiger partial charge in [0.15, 0.2) is 0 Å². The molecule has 0 fully saturated rings. The average Bonchev–Trinajstić information content (AvgIpc) is 3.15. The number of hydrogen-bond donors (Lipinski definition) is 0. The molecule has 1 aromatic heterocycles. The Kier molecular flexibility index (Phi) is 5.90. The fourth-order valence-electron chi connectivity index (χ4n) is 2.63. The molecule has 0 atom stereocenters. The predicted octanol–water partition coefficient (Wildman–Crippen LogP) is 4.20. The quantitative estimate of drug-likeness (QED) is 0.550. The Morgan fingerprint density at radius 1 is 0.966 bits per heavy atom. The second kappa shape index (κ2) is 8.08. The summed E-state index contributed by atoms with van der Waals surface area (Å²) in [5.74, 6) is -0.966. The van der Waals surface area contributed by atoms with E-state index in [-0.39, 0.29) is 22.1 Å². The minimum Gasteiger partial charge on any atom is -0.423 e. The van der Waals surface area contributed by atoms with Crippen LogP contribution in [0.15, 0.2) is 68.0 Å². The first-order valence-corrected chi connectivity index (χ1v) is 12.1. The maximum atomic E-state index is 13.2. The van der Waals surface area contributed by atoms with Crippen LogP contribution in [0.25, 0.3) is 11.5 Å². The van der Waals surface area contributed by atoms with E-state index >= 15 is 0 Å². The Labute approximate surface area is 169 Å². The fourth-order valence-corrected chi connectivity index (χ4v) is 5.89. The number of oxazole rings is 1. The Balaban J connectivity index is 2.21. The second-order valence-electron chi connectivity index (χ2n) is 6.61. The Hall–Kier alpha value is -2.52. The van der Waals surface area contributed by atoms with E-state index in [9.17, 15) is 21.2 Å². The van der Waals surface area contributed by atoms with Gasteiger partial charge in [0, 0.05) is 5.56 Å². The lowest BCUT2D eigenvalue weighted by atomic mass is 10.2. The molecule has 0 N–H and O–H groups in total. The van der Waals surface area contributed by atoms with E-state index < -0.39 is 35.6 Å². The van der Waals surface area contributed by atoms with Gasteiger partial charge in [-0.15, -0.1) is 0 Å². The summed E-state index contributed by atoms with van der Waals surface area (Å²) >= 11 is 0. The van der Waals surface area contributed by atoms with Crippen LogP contribution >= 0.6 is 0 Å². The van der Waals surface area contributed by atoms with E-state index in [4.69, 9.17) is 4.42 Å². The number of nitrogens with zero attached hydrogens (tertiary/aromatic N) is 1. The summed E-state index contributed by atoms with van der Waals surface area (Å²) in [4.78, 5) is 3.91. The smallest absolute Gasteiger partial charge is 0.258 e. The zero-order valence-corrected chi connectivity index (χ0v) is 17.6. The summed E-state index contributed by atoms with van der Waals surface area (Å²) in [5, 5.41) is -1.34. The van der Waals surface area contributed by atoms with Crippen molar-refractivity contribution in [2.75, 3.05) is 5.75 Å². The lowest BCUT2D eigenvalue weighted by molar-refractivity contribution is 0.444. The Morgan fingerprint density at radius 3 is 2.17 bits per heavy atom. The number of halogens is 1. The fraction of sp³-hybridized carbons (Fsp3) is 0.250. The molecule has 0 aliphatic rings. The van der Waals surface area contributed by atoms with E-state index in [0.717, 1.165) is 17.7 Å². The predicted molar refractivity (Wildman–Crippen MR) is 105 cm³/mol. The van der Waals surface area contributed by atoms with Crippen LogP contribution in [0.3, 0.4) is 0 Å². The summed E-state index contributed by atoms with van der Waals surface area (Å²) in [6.45, 7) is 3.63. The molecule has 9 heteroatoms. The molecule has 1 heterocycles. The average molecular weight is 438 g/mol. The van der Waals surface area contributed by atoms with Gasteiger partial charge in [-0.05, 0) is 49.7 Å². The van der Waals surface area contributed by atoms with E-state index in [2.05, 4.69) is 4.98 Å². The van der Waals surface area contributed by atoms with Crippen molar-refractivity contribution >= 4 is 19.7 Å². The van der Waals surface area contributed by atoms with E-state index in [1.165, 1.54) is 24.3 Å². The van der Waals surface area contributed by atoms with Crippen molar-refractivity contribution in [1.29, 1.82) is 0 Å². The topological polar surface area (TPSA) is 94.3 Å². The van der Waals surface area contributed by atoms with Crippen LogP contribution < -0.4 is 0 Å². The highest BCUT2D eigenvalue weighted by atomic mass is 32.2. The lowest BCUT2D eigenvalue weighted by Crippen LogP contribution is -2.12. The van der Waals surface area contributed by atoms with Crippen molar-refractivity contribution < 1.29 is 25.6 Å². The Morgan fingerprint density at radius 2 is 1.59 bits per heavy atom. The highest BCUT2D eigenvalue weighted by Crippen LogP contribution is 2.32. The van der Waals surface area contributed by atoms with E-state index in [0.29, 0.717) is 12.8 Å². The van der Waals surface area contributed by atoms with Gasteiger partial charge >= 0.3 is 0 Å². The van der Waals surface area contributed by atoms with Crippen LogP contribution in [0.2, 0.25) is 0 Å². The summed E-state index contributed by atoms with van der Waals surface area (Å²) in [6.07, 6.45) is 0.956. The molecule has 0 saturated carbocycles. The molecular formula is C20H20FNO5S2. The summed E-state index contributed by atoms with van der Waals surface area (Å²) < 4.78 is 70.5. The first-order valence-electron chi connectivity index (χ1n) is 8.96. The summed E-state index contributed by atoms with van der Waals surface area (Å²) in [5.41, 5.74) is 1.12. The van der Waals surface area contributed by atoms with Crippen molar-refractivity contribution in [1.82, 2.24) is 4.98 Å². The van der Waals surface area contributed by atoms with Gasteiger partial charge < -0.3 is 4.42 Å². The van der Waals surface area contributed by atoms with Gasteiger partial charge in [0.25, 0.3) is 5.09 Å². The van der Waals surface area contributed by atoms with Crippen molar-refractivity contribution in [2.45, 2.75) is 41.7 Å². The van der Waals surface area contributed by atoms with Gasteiger partial charge in [-0.1, -0.05) is 31.0 Å². The number of unbranched alkanes of at least 4 members (excludes halogenated alkanes) is 1. The lowest BCUT2D eigenvalue weighted by Gasteiger charge is -2.05. The summed E-state index contributed by atoms with van der Waals surface area (Å²) in [7, 11) is -8.28. The highest BCUT2D eigenvalue weighted by molar-refractivity contribution is 7.94. The molecule has 0 spiro atoms. The zero-order valence-electron chi connectivity index (χ0n) is 15.9. The van der Waals surface area contributed by atoms with Gasteiger partial charge in [0.1, 0.15) is 5.82 Å². The molecule has 6 nitrogen and oxygen atoms in total. The highest BCUT2D eigenvalue weighted by Gasteiger charge is 2.35. The molecule has 0 saturated heterocycles. The number of sulfone groups is 2. The third kappa shape index (κ3) is 4.40. The third-order valence-corrected chi connectivity index (χ3v) is 7.77. The maximum Gasteiger partial charge on any atom is 0.258 e. The van der Waals surface area contributed by atoms with Crippen LogP contribution in [0.4, 0.5) is 4.39 Å². The van der Waals surface area contributed by atoms with Gasteiger partial charge in [-0.25, -0.2) is 21.2 Å². The minimum absolute atomic E-state index is 0.0889. The number of aromatic nitrogens is 1. The first-order chi connectivity index (χ1) is 13.6. The van der Waals surface area contributed by atoms with E-state index in [1.54, 1.807) is 19.1 Å². The maximum absolute atomic E-state index is 13.2. The van der Waals surface area contributed by atoms with Gasteiger partial charge in [-0.2, -0.15) is 4.98 Å². The standard InChI is InChI=1S/C20H20FNO5S2/c1-3-4-13-28(23,24)20-19(29(25,26)17-11-5-14(2)6-12-17)22-18(27-20)15-7-9-16(21)10-8-15/h5-12H,3-4,13H2,1-2H3. The molecule has 29 heavy (non-hydrogen) atoms. The number of benzene rings is 2. The molecule has 0 radical (unpaired) electrons. The first kappa shape index (κ1) is 21.2. The van der Waals surface area contributed by atoms with Crippen molar-refractivity contribution in [3.8, 4) is 11.5 Å². The number of rotatable bonds is 7. The van der Waals surface area contributed by atoms with Gasteiger partial charge in [-0.3, -0.25) is 0 Å². The molecule has 0 aliphatic carbocycles. The molecule has 0 amide bonds. The molecule has 3 rings (SSSR count). The minimum atomic E-state index is -4.25. The van der Waals surface area contributed by atoms with Crippen LogP contribution in [0.5, 0.6) is 0 Å². The molecule has 0 aliphatic heterocycles.